The van der Waals surface area contributed by atoms with Crippen molar-refractivity contribution in [2.75, 3.05) is 31.1 Å². The van der Waals surface area contributed by atoms with Gasteiger partial charge in [0.25, 0.3) is 0 Å². The molecule has 0 saturated carbocycles. The molecule has 0 atom stereocenters. The Labute approximate surface area is 144 Å². The fraction of sp³-hybridized carbons (Fsp3) is 0.250. The normalized spacial score (nSPS) is 16.4. The van der Waals surface area contributed by atoms with E-state index in [1.54, 1.807) is 12.1 Å². The lowest BCUT2D eigenvalue weighted by Gasteiger charge is -2.35. The highest BCUT2D eigenvalue weighted by Gasteiger charge is 2.30. The SMILES string of the molecule is O=S(=O)(c1ccc(F)cc1F)N1CCN(c2ccc(Cl)cc2)CC1. The average molecular weight is 373 g/mol. The molecule has 1 aliphatic rings. The molecule has 1 heterocycles. The van der Waals surface area contributed by atoms with Crippen LogP contribution in [0.2, 0.25) is 5.02 Å². The van der Waals surface area contributed by atoms with Crippen molar-refractivity contribution in [3.8, 4) is 0 Å². The lowest BCUT2D eigenvalue weighted by atomic mass is 10.2. The number of hydrogen-bond acceptors (Lipinski definition) is 3. The van der Waals surface area contributed by atoms with Crippen LogP contribution < -0.4 is 4.90 Å². The molecule has 0 bridgehead atoms. The van der Waals surface area contributed by atoms with E-state index in [2.05, 4.69) is 0 Å². The molecule has 2 aromatic rings. The van der Waals surface area contributed by atoms with Crippen LogP contribution >= 0.6 is 11.6 Å². The van der Waals surface area contributed by atoms with Gasteiger partial charge in [-0.25, -0.2) is 17.2 Å². The predicted octanol–water partition coefficient (Wildman–Crippen LogP) is 3.13. The zero-order valence-electron chi connectivity index (χ0n) is 12.6. The number of anilines is 1. The van der Waals surface area contributed by atoms with Crippen molar-refractivity contribution in [2.45, 2.75) is 4.90 Å². The van der Waals surface area contributed by atoms with Crippen molar-refractivity contribution in [1.29, 1.82) is 0 Å². The van der Waals surface area contributed by atoms with Crippen LogP contribution in [0, 0.1) is 11.6 Å². The Morgan fingerprint density at radius 1 is 0.917 bits per heavy atom. The molecule has 0 N–H and O–H groups in total. The van der Waals surface area contributed by atoms with E-state index in [4.69, 9.17) is 11.6 Å². The third-order valence-corrected chi connectivity index (χ3v) is 6.13. The largest absolute Gasteiger partial charge is 0.369 e. The summed E-state index contributed by atoms with van der Waals surface area (Å²) in [5.74, 6) is -1.88. The van der Waals surface area contributed by atoms with E-state index in [0.29, 0.717) is 24.2 Å². The monoisotopic (exact) mass is 372 g/mol. The maximum absolute atomic E-state index is 13.8. The third kappa shape index (κ3) is 3.38. The van der Waals surface area contributed by atoms with Crippen molar-refractivity contribution in [3.63, 3.8) is 0 Å². The minimum Gasteiger partial charge on any atom is -0.369 e. The van der Waals surface area contributed by atoms with Crippen molar-refractivity contribution in [3.05, 3.63) is 59.1 Å². The first-order chi connectivity index (χ1) is 11.4. The topological polar surface area (TPSA) is 40.6 Å². The quantitative estimate of drug-likeness (QED) is 0.831. The summed E-state index contributed by atoms with van der Waals surface area (Å²) in [6.07, 6.45) is 0. The zero-order valence-corrected chi connectivity index (χ0v) is 14.2. The minimum atomic E-state index is -3.98. The van der Waals surface area contributed by atoms with E-state index in [0.717, 1.165) is 17.8 Å². The second-order valence-electron chi connectivity index (χ2n) is 5.44. The molecule has 128 valence electrons. The van der Waals surface area contributed by atoms with Crippen molar-refractivity contribution < 1.29 is 17.2 Å². The second kappa shape index (κ2) is 6.66. The van der Waals surface area contributed by atoms with E-state index in [-0.39, 0.29) is 13.1 Å². The van der Waals surface area contributed by atoms with Crippen molar-refractivity contribution in [2.24, 2.45) is 0 Å². The van der Waals surface area contributed by atoms with Crippen LogP contribution in [0.15, 0.2) is 47.4 Å². The smallest absolute Gasteiger partial charge is 0.246 e. The maximum Gasteiger partial charge on any atom is 0.246 e. The molecule has 1 fully saturated rings. The highest BCUT2D eigenvalue weighted by atomic mass is 35.5. The molecule has 1 aliphatic heterocycles. The molecule has 2 aromatic carbocycles. The van der Waals surface area contributed by atoms with E-state index in [1.807, 2.05) is 17.0 Å². The van der Waals surface area contributed by atoms with Gasteiger partial charge >= 0.3 is 0 Å². The second-order valence-corrected chi connectivity index (χ2v) is 7.79. The van der Waals surface area contributed by atoms with Gasteiger partial charge in [0, 0.05) is 43.0 Å². The first kappa shape index (κ1) is 17.1. The van der Waals surface area contributed by atoms with Gasteiger partial charge in [0.15, 0.2) is 0 Å². The number of piperazine rings is 1. The first-order valence-electron chi connectivity index (χ1n) is 7.33. The van der Waals surface area contributed by atoms with Gasteiger partial charge in [-0.15, -0.1) is 0 Å². The lowest BCUT2D eigenvalue weighted by molar-refractivity contribution is 0.382. The fourth-order valence-electron chi connectivity index (χ4n) is 2.66. The molecule has 0 radical (unpaired) electrons. The van der Waals surface area contributed by atoms with E-state index < -0.39 is 26.6 Å². The average Bonchev–Trinajstić information content (AvgIpc) is 2.55. The van der Waals surface area contributed by atoms with Gasteiger partial charge in [0.1, 0.15) is 16.5 Å². The molecule has 1 saturated heterocycles. The summed E-state index contributed by atoms with van der Waals surface area (Å²) >= 11 is 5.86. The highest BCUT2D eigenvalue weighted by Crippen LogP contribution is 2.24. The van der Waals surface area contributed by atoms with Crippen LogP contribution in [0.25, 0.3) is 0 Å². The van der Waals surface area contributed by atoms with Gasteiger partial charge < -0.3 is 4.90 Å². The molecular weight excluding hydrogens is 358 g/mol. The van der Waals surface area contributed by atoms with E-state index >= 15 is 0 Å². The van der Waals surface area contributed by atoms with Crippen LogP contribution in [0.5, 0.6) is 0 Å². The Hall–Kier alpha value is -1.70. The molecule has 0 aromatic heterocycles. The Balaban J connectivity index is 1.75. The number of sulfonamides is 1. The van der Waals surface area contributed by atoms with Gasteiger partial charge in [-0.05, 0) is 36.4 Å². The summed E-state index contributed by atoms with van der Waals surface area (Å²) in [4.78, 5) is 1.53. The van der Waals surface area contributed by atoms with Crippen molar-refractivity contribution >= 4 is 27.3 Å². The first-order valence-corrected chi connectivity index (χ1v) is 9.15. The number of nitrogens with zero attached hydrogens (tertiary/aromatic N) is 2. The van der Waals surface area contributed by atoms with Gasteiger partial charge in [-0.3, -0.25) is 0 Å². The molecule has 0 amide bonds. The van der Waals surface area contributed by atoms with Crippen LogP contribution in [0.3, 0.4) is 0 Å². The predicted molar refractivity (Wildman–Crippen MR) is 88.8 cm³/mol. The number of hydrogen-bond donors (Lipinski definition) is 0. The molecule has 4 nitrogen and oxygen atoms in total. The molecule has 0 unspecified atom stereocenters. The molecule has 0 spiro atoms. The van der Waals surface area contributed by atoms with Crippen LogP contribution in [-0.2, 0) is 10.0 Å². The van der Waals surface area contributed by atoms with Crippen LogP contribution in [-0.4, -0.2) is 38.9 Å². The van der Waals surface area contributed by atoms with E-state index in [9.17, 15) is 17.2 Å². The van der Waals surface area contributed by atoms with Gasteiger partial charge in [0.05, 0.1) is 0 Å². The molecular formula is C16H15ClF2N2O2S. The fourth-order valence-corrected chi connectivity index (χ4v) is 4.26. The zero-order chi connectivity index (χ0) is 17.3. The Bertz CT molecular complexity index is 836. The summed E-state index contributed by atoms with van der Waals surface area (Å²) in [7, 11) is -3.98. The standard InChI is InChI=1S/C16H15ClF2N2O2S/c17-12-1-4-14(5-2-12)20-7-9-21(10-8-20)24(22,23)16-6-3-13(18)11-15(16)19/h1-6,11H,7-10H2. The van der Waals surface area contributed by atoms with Gasteiger partial charge in [-0.2, -0.15) is 4.31 Å². The summed E-state index contributed by atoms with van der Waals surface area (Å²) < 4.78 is 53.1. The highest BCUT2D eigenvalue weighted by molar-refractivity contribution is 7.89. The maximum atomic E-state index is 13.8. The van der Waals surface area contributed by atoms with Crippen LogP contribution in [0.1, 0.15) is 0 Å². The third-order valence-electron chi connectivity index (χ3n) is 3.94. The summed E-state index contributed by atoms with van der Waals surface area (Å²) in [6, 6.07) is 9.77. The number of rotatable bonds is 3. The van der Waals surface area contributed by atoms with Crippen molar-refractivity contribution in [1.82, 2.24) is 4.31 Å². The Morgan fingerprint density at radius 2 is 1.54 bits per heavy atom. The summed E-state index contributed by atoms with van der Waals surface area (Å²) in [6.45, 7) is 1.40. The Kier molecular flexibility index (Phi) is 4.76. The Morgan fingerprint density at radius 3 is 2.12 bits per heavy atom. The molecule has 3 rings (SSSR count). The lowest BCUT2D eigenvalue weighted by Crippen LogP contribution is -2.48. The molecule has 0 aliphatic carbocycles. The molecule has 8 heteroatoms. The number of benzene rings is 2. The van der Waals surface area contributed by atoms with Gasteiger partial charge in [-0.1, -0.05) is 11.6 Å². The van der Waals surface area contributed by atoms with E-state index in [1.165, 1.54) is 4.31 Å². The summed E-state index contributed by atoms with van der Waals surface area (Å²) in [5.41, 5.74) is 0.949. The van der Waals surface area contributed by atoms with Crippen LogP contribution in [0.4, 0.5) is 14.5 Å². The summed E-state index contributed by atoms with van der Waals surface area (Å²) in [5, 5.41) is 0.631. The van der Waals surface area contributed by atoms with Gasteiger partial charge in [0.2, 0.25) is 10.0 Å². The minimum absolute atomic E-state index is 0.224. The number of halogens is 3. The molecule has 24 heavy (non-hydrogen) atoms.